The molecule has 1 heterocycles. The van der Waals surface area contributed by atoms with Crippen LogP contribution in [0.5, 0.6) is 11.5 Å². The Labute approximate surface area is 222 Å². The summed E-state index contributed by atoms with van der Waals surface area (Å²) in [4.78, 5) is 6.07. The summed E-state index contributed by atoms with van der Waals surface area (Å²) in [5, 5.41) is 0.179. The molecule has 2 saturated carbocycles. The third-order valence-electron chi connectivity index (χ3n) is 7.35. The van der Waals surface area contributed by atoms with Crippen LogP contribution in [-0.4, -0.2) is 51.1 Å². The molecule has 2 aliphatic rings. The van der Waals surface area contributed by atoms with Gasteiger partial charge in [-0.2, -0.15) is 0 Å². The maximum absolute atomic E-state index is 15.0. The molecule has 0 radical (unpaired) electrons. The Hall–Kier alpha value is -2.43. The van der Waals surface area contributed by atoms with Gasteiger partial charge in [0, 0.05) is 12.1 Å². The summed E-state index contributed by atoms with van der Waals surface area (Å²) in [7, 11) is -0.140. The van der Waals surface area contributed by atoms with E-state index in [9.17, 15) is 12.8 Å². The first-order valence-electron chi connectivity index (χ1n) is 13.0. The van der Waals surface area contributed by atoms with Gasteiger partial charge in [-0.15, -0.1) is 0 Å². The fourth-order valence-electron chi connectivity index (χ4n) is 5.35. The van der Waals surface area contributed by atoms with Gasteiger partial charge in [0.25, 0.3) is 10.0 Å². The number of likely N-dealkylation sites (N-methyl/N-ethyl adjacent to an activating group) is 1. The summed E-state index contributed by atoms with van der Waals surface area (Å²) in [5.74, 6) is 0.822. The van der Waals surface area contributed by atoms with Crippen molar-refractivity contribution >= 4 is 36.7 Å². The lowest BCUT2D eigenvalue weighted by molar-refractivity contribution is 0.0620. The number of halogens is 1. The summed E-state index contributed by atoms with van der Waals surface area (Å²) in [6, 6.07) is 9.71. The number of rotatable bonds is 9. The van der Waals surface area contributed by atoms with Crippen LogP contribution in [0.2, 0.25) is 0 Å². The molecule has 1 aromatic heterocycles. The van der Waals surface area contributed by atoms with Gasteiger partial charge in [-0.1, -0.05) is 30.6 Å². The van der Waals surface area contributed by atoms with Crippen LogP contribution >= 0.6 is 11.3 Å². The molecular formula is C27H34FN3O4S2. The maximum atomic E-state index is 15.0. The van der Waals surface area contributed by atoms with Crippen molar-refractivity contribution in [3.05, 3.63) is 42.2 Å². The van der Waals surface area contributed by atoms with E-state index in [0.29, 0.717) is 23.8 Å². The van der Waals surface area contributed by atoms with Crippen molar-refractivity contribution in [2.75, 3.05) is 25.4 Å². The highest BCUT2D eigenvalue weighted by Crippen LogP contribution is 2.33. The molecule has 0 spiro atoms. The maximum Gasteiger partial charge on any atom is 0.266 e. The second-order valence-electron chi connectivity index (χ2n) is 10.3. The minimum absolute atomic E-state index is 0.0569. The SMILES string of the molecule is CN(C)[C@H]1CCCC[C@@H]1Oc1ccc(S(=O)(=O)Nc2nc3ccc(OCC4CCCC4)cc3s2)c(F)c1. The largest absolute Gasteiger partial charge is 0.493 e. The highest BCUT2D eigenvalue weighted by molar-refractivity contribution is 7.93. The van der Waals surface area contributed by atoms with Crippen LogP contribution in [0.25, 0.3) is 10.2 Å². The van der Waals surface area contributed by atoms with Crippen LogP contribution in [0.15, 0.2) is 41.3 Å². The first-order chi connectivity index (χ1) is 17.8. The number of benzene rings is 2. The summed E-state index contributed by atoms with van der Waals surface area (Å²) in [5.41, 5.74) is 0.656. The van der Waals surface area contributed by atoms with Crippen molar-refractivity contribution in [2.45, 2.75) is 68.4 Å². The predicted octanol–water partition coefficient (Wildman–Crippen LogP) is 6.06. The number of hydrogen-bond acceptors (Lipinski definition) is 7. The molecule has 2 aromatic carbocycles. The normalized spacial score (nSPS) is 21.0. The zero-order chi connectivity index (χ0) is 26.0. The molecule has 7 nitrogen and oxygen atoms in total. The smallest absolute Gasteiger partial charge is 0.266 e. The first kappa shape index (κ1) is 26.2. The molecule has 3 aromatic rings. The average molecular weight is 548 g/mol. The number of ether oxygens (including phenoxy) is 2. The van der Waals surface area contributed by atoms with Gasteiger partial charge in [-0.3, -0.25) is 4.72 Å². The predicted molar refractivity (Wildman–Crippen MR) is 145 cm³/mol. The second kappa shape index (κ2) is 11.1. The fraction of sp³-hybridized carbons (Fsp3) is 0.519. The third-order valence-corrected chi connectivity index (χ3v) is 9.79. The second-order valence-corrected chi connectivity index (χ2v) is 13.0. The Morgan fingerprint density at radius 1 is 1.03 bits per heavy atom. The van der Waals surface area contributed by atoms with Crippen LogP contribution in [-0.2, 0) is 10.0 Å². The van der Waals surface area contributed by atoms with Crippen LogP contribution in [0, 0.1) is 11.7 Å². The summed E-state index contributed by atoms with van der Waals surface area (Å²) < 4.78 is 56.3. The van der Waals surface area contributed by atoms with E-state index in [1.807, 2.05) is 32.3 Å². The number of nitrogens with zero attached hydrogens (tertiary/aromatic N) is 2. The zero-order valence-corrected chi connectivity index (χ0v) is 22.9. The van der Waals surface area contributed by atoms with Crippen LogP contribution in [0.3, 0.4) is 0 Å². The molecule has 2 aliphatic carbocycles. The topological polar surface area (TPSA) is 80.8 Å². The van der Waals surface area contributed by atoms with E-state index in [-0.39, 0.29) is 17.3 Å². The lowest BCUT2D eigenvalue weighted by Crippen LogP contribution is -2.44. The highest BCUT2D eigenvalue weighted by atomic mass is 32.2. The lowest BCUT2D eigenvalue weighted by atomic mass is 9.91. The molecule has 0 saturated heterocycles. The molecule has 1 N–H and O–H groups in total. The molecule has 2 atom stereocenters. The van der Waals surface area contributed by atoms with Crippen LogP contribution in [0.1, 0.15) is 51.4 Å². The van der Waals surface area contributed by atoms with Crippen molar-refractivity contribution in [2.24, 2.45) is 5.92 Å². The minimum atomic E-state index is -4.17. The van der Waals surface area contributed by atoms with Crippen molar-refractivity contribution in [1.29, 1.82) is 0 Å². The Morgan fingerprint density at radius 3 is 2.51 bits per heavy atom. The van der Waals surface area contributed by atoms with Crippen molar-refractivity contribution < 1.29 is 22.3 Å². The monoisotopic (exact) mass is 547 g/mol. The van der Waals surface area contributed by atoms with Crippen LogP contribution in [0.4, 0.5) is 9.52 Å². The Morgan fingerprint density at radius 2 is 1.76 bits per heavy atom. The van der Waals surface area contributed by atoms with Gasteiger partial charge in [-0.05, 0) is 82.4 Å². The van der Waals surface area contributed by atoms with Gasteiger partial charge in [0.2, 0.25) is 0 Å². The van der Waals surface area contributed by atoms with Crippen molar-refractivity contribution in [1.82, 2.24) is 9.88 Å². The number of sulfonamides is 1. The third kappa shape index (κ3) is 6.18. The quantitative estimate of drug-likeness (QED) is 0.351. The molecular weight excluding hydrogens is 513 g/mol. The van der Waals surface area contributed by atoms with Gasteiger partial charge < -0.3 is 14.4 Å². The summed E-state index contributed by atoms with van der Waals surface area (Å²) in [6.07, 6.45) is 8.98. The van der Waals surface area contributed by atoms with E-state index in [4.69, 9.17) is 9.47 Å². The van der Waals surface area contributed by atoms with E-state index in [1.165, 1.54) is 49.2 Å². The van der Waals surface area contributed by atoms with Crippen molar-refractivity contribution in [3.63, 3.8) is 0 Å². The Kier molecular flexibility index (Phi) is 7.88. The highest BCUT2D eigenvalue weighted by Gasteiger charge is 2.29. The van der Waals surface area contributed by atoms with E-state index in [0.717, 1.165) is 42.2 Å². The van der Waals surface area contributed by atoms with Crippen molar-refractivity contribution in [3.8, 4) is 11.5 Å². The Bertz CT molecular complexity index is 1340. The minimum Gasteiger partial charge on any atom is -0.493 e. The number of fused-ring (bicyclic) bond motifs is 1. The number of hydrogen-bond donors (Lipinski definition) is 1. The Balaban J connectivity index is 1.27. The lowest BCUT2D eigenvalue weighted by Gasteiger charge is -2.36. The van der Waals surface area contributed by atoms with Gasteiger partial charge in [0.1, 0.15) is 28.3 Å². The van der Waals surface area contributed by atoms with Crippen LogP contribution < -0.4 is 14.2 Å². The molecule has 0 bridgehead atoms. The molecule has 0 amide bonds. The average Bonchev–Trinajstić information content (AvgIpc) is 3.51. The molecule has 37 heavy (non-hydrogen) atoms. The first-order valence-corrected chi connectivity index (χ1v) is 15.3. The van der Waals surface area contributed by atoms with E-state index in [2.05, 4.69) is 14.6 Å². The molecule has 0 aliphatic heterocycles. The zero-order valence-electron chi connectivity index (χ0n) is 21.3. The van der Waals surface area contributed by atoms with E-state index < -0.39 is 20.7 Å². The van der Waals surface area contributed by atoms with Gasteiger partial charge in [0.15, 0.2) is 5.13 Å². The van der Waals surface area contributed by atoms with E-state index in [1.54, 1.807) is 0 Å². The number of thiazole rings is 1. The summed E-state index contributed by atoms with van der Waals surface area (Å²) in [6.45, 7) is 0.694. The van der Waals surface area contributed by atoms with E-state index >= 15 is 0 Å². The van der Waals surface area contributed by atoms with Gasteiger partial charge in [-0.25, -0.2) is 17.8 Å². The van der Waals surface area contributed by atoms with Gasteiger partial charge in [0.05, 0.1) is 16.8 Å². The summed E-state index contributed by atoms with van der Waals surface area (Å²) >= 11 is 1.19. The molecule has 10 heteroatoms. The molecule has 200 valence electrons. The molecule has 5 rings (SSSR count). The standard InChI is InChI=1S/C27H34FN3O4S2/c1-31(2)23-9-5-6-10-24(23)35-20-12-14-26(21(28)15-20)37(32,33)30-27-29-22-13-11-19(16-25(22)36-27)34-17-18-7-3-4-8-18/h11-16,18,23-24H,3-10,17H2,1-2H3,(H,29,30)/t23-,24-/m0/s1. The number of nitrogens with one attached hydrogen (secondary N) is 1. The number of anilines is 1. The molecule has 2 fully saturated rings. The molecule has 0 unspecified atom stereocenters. The van der Waals surface area contributed by atoms with Gasteiger partial charge >= 0.3 is 0 Å². The number of aromatic nitrogens is 1. The fourth-order valence-corrected chi connectivity index (χ4v) is 7.54.